The zero-order valence-electron chi connectivity index (χ0n) is 8.31. The molecule has 1 aliphatic rings. The van der Waals surface area contributed by atoms with Gasteiger partial charge in [0.2, 0.25) is 0 Å². The Morgan fingerprint density at radius 3 is 2.20 bits per heavy atom. The summed E-state index contributed by atoms with van der Waals surface area (Å²) in [5.74, 6) is 0.386. The monoisotopic (exact) mass is 258 g/mol. The topological polar surface area (TPSA) is 0 Å². The molecule has 1 aromatic carbocycles. The second kappa shape index (κ2) is 5.11. The maximum absolute atomic E-state index is 12.3. The van der Waals surface area contributed by atoms with Crippen LogP contribution in [0.4, 0.5) is 12.9 Å². The normalized spacial score (nSPS) is 16.0. The van der Waals surface area contributed by atoms with Crippen LogP contribution in [0.25, 0.3) is 0 Å². The van der Waals surface area contributed by atoms with E-state index in [1.165, 1.54) is 6.07 Å². The van der Waals surface area contributed by atoms with Crippen LogP contribution in [0.1, 0.15) is 24.3 Å². The number of benzene rings is 1. The van der Waals surface area contributed by atoms with E-state index in [4.69, 9.17) is 11.6 Å². The molecule has 1 aromatic rings. The molecule has 1 fully saturated rings. The average molecular weight is 259 g/mol. The third kappa shape index (κ3) is 3.48. The first-order valence-electron chi connectivity index (χ1n) is 4.48. The summed E-state index contributed by atoms with van der Waals surface area (Å²) in [5.41, 5.74) is 0.245. The molecule has 0 saturated heterocycles. The van der Waals surface area contributed by atoms with Crippen molar-refractivity contribution in [1.29, 1.82) is 0 Å². The van der Waals surface area contributed by atoms with Crippen LogP contribution in [0.15, 0.2) is 18.2 Å². The SMILES string of the molecule is F[B-](F)(F)c1ccc(C2CC2)c(Cl)c1.[K+]. The van der Waals surface area contributed by atoms with E-state index in [1.54, 1.807) is 0 Å². The average Bonchev–Trinajstić information content (AvgIpc) is 2.85. The summed E-state index contributed by atoms with van der Waals surface area (Å²) in [7, 11) is 0. The smallest absolute Gasteiger partial charge is 0.445 e. The van der Waals surface area contributed by atoms with Crippen LogP contribution in [0.5, 0.6) is 0 Å². The molecule has 0 aliphatic heterocycles. The fraction of sp³-hybridized carbons (Fsp3) is 0.333. The first-order valence-corrected chi connectivity index (χ1v) is 4.85. The summed E-state index contributed by atoms with van der Waals surface area (Å²) >= 11 is 5.78. The Labute approximate surface area is 134 Å². The van der Waals surface area contributed by atoms with E-state index in [1.807, 2.05) is 0 Å². The molecular weight excluding hydrogens is 250 g/mol. The van der Waals surface area contributed by atoms with E-state index in [0.717, 1.165) is 30.5 Å². The molecule has 0 heterocycles. The van der Waals surface area contributed by atoms with E-state index >= 15 is 0 Å². The summed E-state index contributed by atoms with van der Waals surface area (Å²) in [4.78, 5) is 0. The van der Waals surface area contributed by atoms with Gasteiger partial charge in [-0.3, -0.25) is 0 Å². The molecule has 0 aromatic heterocycles. The fourth-order valence-corrected chi connectivity index (χ4v) is 1.82. The zero-order valence-corrected chi connectivity index (χ0v) is 12.2. The third-order valence-electron chi connectivity index (χ3n) is 2.42. The fourth-order valence-electron chi connectivity index (χ4n) is 1.47. The number of rotatable bonds is 2. The van der Waals surface area contributed by atoms with Crippen molar-refractivity contribution >= 4 is 24.0 Å². The van der Waals surface area contributed by atoms with Crippen molar-refractivity contribution in [2.24, 2.45) is 0 Å². The molecule has 6 heteroatoms. The number of hydrogen-bond donors (Lipinski definition) is 0. The molecule has 15 heavy (non-hydrogen) atoms. The second-order valence-corrected chi connectivity index (χ2v) is 4.04. The molecule has 1 aliphatic carbocycles. The molecule has 76 valence electrons. The van der Waals surface area contributed by atoms with Crippen LogP contribution in [0, 0.1) is 0 Å². The van der Waals surface area contributed by atoms with Crippen LogP contribution in [-0.2, 0) is 0 Å². The van der Waals surface area contributed by atoms with Crippen LogP contribution in [0.3, 0.4) is 0 Å². The Morgan fingerprint density at radius 1 is 1.20 bits per heavy atom. The van der Waals surface area contributed by atoms with Crippen molar-refractivity contribution in [2.75, 3.05) is 0 Å². The van der Waals surface area contributed by atoms with Crippen LogP contribution >= 0.6 is 11.6 Å². The molecule has 2 rings (SSSR count). The predicted octanol–water partition coefficient (Wildman–Crippen LogP) is 0.276. The molecule has 0 bridgehead atoms. The van der Waals surface area contributed by atoms with Gasteiger partial charge >= 0.3 is 58.4 Å². The van der Waals surface area contributed by atoms with Crippen molar-refractivity contribution < 1.29 is 64.3 Å². The Bertz CT molecular complexity index is 363. The summed E-state index contributed by atoms with van der Waals surface area (Å²) in [6, 6.07) is 3.67. The summed E-state index contributed by atoms with van der Waals surface area (Å²) in [5, 5.41) is 0.254. The van der Waals surface area contributed by atoms with Crippen LogP contribution in [-0.4, -0.2) is 6.98 Å². The number of hydrogen-bond acceptors (Lipinski definition) is 0. The van der Waals surface area contributed by atoms with Gasteiger partial charge in [-0.15, -0.1) is 5.46 Å². The van der Waals surface area contributed by atoms with Crippen molar-refractivity contribution in [3.8, 4) is 0 Å². The van der Waals surface area contributed by atoms with Gasteiger partial charge in [0, 0.05) is 5.02 Å². The first kappa shape index (κ1) is 14.1. The van der Waals surface area contributed by atoms with Gasteiger partial charge in [-0.05, 0) is 24.3 Å². The Hall–Kier alpha value is 1.00. The predicted molar refractivity (Wildman–Crippen MR) is 52.1 cm³/mol. The summed E-state index contributed by atoms with van der Waals surface area (Å²) < 4.78 is 37.0. The largest absolute Gasteiger partial charge is 1.00 e. The van der Waals surface area contributed by atoms with E-state index in [-0.39, 0.29) is 56.4 Å². The molecule has 1 saturated carbocycles. The van der Waals surface area contributed by atoms with E-state index < -0.39 is 12.4 Å². The van der Waals surface area contributed by atoms with Gasteiger partial charge in [-0.1, -0.05) is 29.8 Å². The minimum absolute atomic E-state index is 0. The van der Waals surface area contributed by atoms with Crippen molar-refractivity contribution in [3.63, 3.8) is 0 Å². The zero-order chi connectivity index (χ0) is 10.3. The van der Waals surface area contributed by atoms with Gasteiger partial charge in [-0.25, -0.2) is 0 Å². The minimum Gasteiger partial charge on any atom is -0.445 e. The van der Waals surface area contributed by atoms with Gasteiger partial charge in [-0.2, -0.15) is 0 Å². The van der Waals surface area contributed by atoms with Crippen molar-refractivity contribution in [2.45, 2.75) is 18.8 Å². The second-order valence-electron chi connectivity index (χ2n) is 3.63. The summed E-state index contributed by atoms with van der Waals surface area (Å²) in [6.45, 7) is -4.92. The first-order chi connectivity index (χ1) is 6.48. The Morgan fingerprint density at radius 2 is 1.80 bits per heavy atom. The molecule has 0 atom stereocenters. The molecule has 0 radical (unpaired) electrons. The third-order valence-corrected chi connectivity index (χ3v) is 2.75. The van der Waals surface area contributed by atoms with Gasteiger partial charge in [0.15, 0.2) is 0 Å². The van der Waals surface area contributed by atoms with Gasteiger partial charge in [0.05, 0.1) is 0 Å². The van der Waals surface area contributed by atoms with Crippen LogP contribution in [0.2, 0.25) is 5.02 Å². The molecule has 0 nitrogen and oxygen atoms in total. The Balaban J connectivity index is 0.00000112. The van der Waals surface area contributed by atoms with E-state index in [0.29, 0.717) is 5.92 Å². The molecular formula is C9H8BClF3K. The molecule has 0 unspecified atom stereocenters. The molecule has 0 spiro atoms. The van der Waals surface area contributed by atoms with Crippen molar-refractivity contribution in [1.82, 2.24) is 0 Å². The van der Waals surface area contributed by atoms with Gasteiger partial charge in [0.1, 0.15) is 0 Å². The quantitative estimate of drug-likeness (QED) is 0.669. The molecule has 0 amide bonds. The van der Waals surface area contributed by atoms with Crippen LogP contribution < -0.4 is 56.8 Å². The van der Waals surface area contributed by atoms with E-state index in [9.17, 15) is 12.9 Å². The maximum atomic E-state index is 12.3. The summed E-state index contributed by atoms with van der Waals surface area (Å²) in [6.07, 6.45) is 2.08. The van der Waals surface area contributed by atoms with E-state index in [2.05, 4.69) is 0 Å². The number of halogens is 4. The molecule has 0 N–H and O–H groups in total. The Kier molecular flexibility index (Phi) is 4.79. The maximum Gasteiger partial charge on any atom is 1.00 e. The standard InChI is InChI=1S/C9H8BClF3.K/c11-9-5-7(10(12,13)14)3-4-8(9)6-1-2-6;/h3-6H,1-2H2;/q-1;+1. The minimum atomic E-state index is -4.92. The van der Waals surface area contributed by atoms with Crippen molar-refractivity contribution in [3.05, 3.63) is 28.8 Å². The van der Waals surface area contributed by atoms with Gasteiger partial charge < -0.3 is 12.9 Å². The van der Waals surface area contributed by atoms with Gasteiger partial charge in [0.25, 0.3) is 0 Å².